The largest absolute Gasteiger partial charge is 0.493 e. The van der Waals surface area contributed by atoms with Crippen molar-refractivity contribution in [3.63, 3.8) is 0 Å². The summed E-state index contributed by atoms with van der Waals surface area (Å²) in [6, 6.07) is 3.80. The number of aromatic nitrogens is 3. The number of methoxy groups -OCH3 is 1. The van der Waals surface area contributed by atoms with Crippen molar-refractivity contribution in [3.05, 3.63) is 32.8 Å². The molecular formula is C13H17BrN4O2S. The predicted octanol–water partition coefficient (Wildman–Crippen LogP) is 3.16. The molecule has 0 atom stereocenters. The van der Waals surface area contributed by atoms with Crippen molar-refractivity contribution in [2.75, 3.05) is 19.1 Å². The van der Waals surface area contributed by atoms with Gasteiger partial charge in [-0.15, -0.1) is 0 Å². The van der Waals surface area contributed by atoms with Gasteiger partial charge in [0.15, 0.2) is 11.5 Å². The average Bonchev–Trinajstić information content (AvgIpc) is 2.78. The van der Waals surface area contributed by atoms with E-state index in [9.17, 15) is 0 Å². The van der Waals surface area contributed by atoms with Gasteiger partial charge in [0.2, 0.25) is 4.77 Å². The fourth-order valence-electron chi connectivity index (χ4n) is 1.93. The number of benzene rings is 1. The molecule has 21 heavy (non-hydrogen) atoms. The van der Waals surface area contributed by atoms with E-state index in [0.29, 0.717) is 23.7 Å². The Morgan fingerprint density at radius 2 is 2.24 bits per heavy atom. The number of aryl methyl sites for hydroxylation is 1. The molecule has 0 aliphatic carbocycles. The van der Waals surface area contributed by atoms with Gasteiger partial charge in [-0.2, -0.15) is 5.10 Å². The molecule has 0 bridgehead atoms. The molecule has 0 aliphatic rings. The monoisotopic (exact) mass is 372 g/mol. The Morgan fingerprint density at radius 1 is 1.48 bits per heavy atom. The van der Waals surface area contributed by atoms with Crippen LogP contribution in [0.1, 0.15) is 18.3 Å². The SMILES string of the molecule is CCOc1c(OC)ccc(Br)c1CNn1c(C)n[nH]c1=S. The summed E-state index contributed by atoms with van der Waals surface area (Å²) >= 11 is 8.72. The first-order chi connectivity index (χ1) is 10.1. The van der Waals surface area contributed by atoms with Crippen molar-refractivity contribution in [1.82, 2.24) is 14.9 Å². The van der Waals surface area contributed by atoms with Crippen LogP contribution in [0.25, 0.3) is 0 Å². The van der Waals surface area contributed by atoms with E-state index in [1.165, 1.54) is 0 Å². The number of rotatable bonds is 6. The Hall–Kier alpha value is -1.54. The van der Waals surface area contributed by atoms with E-state index < -0.39 is 0 Å². The maximum atomic E-state index is 5.72. The fraction of sp³-hybridized carbons (Fsp3) is 0.385. The molecule has 2 N–H and O–H groups in total. The van der Waals surface area contributed by atoms with E-state index in [4.69, 9.17) is 21.7 Å². The van der Waals surface area contributed by atoms with Gasteiger partial charge in [-0.05, 0) is 38.2 Å². The minimum Gasteiger partial charge on any atom is -0.493 e. The number of halogens is 1. The molecule has 1 aromatic heterocycles. The van der Waals surface area contributed by atoms with Crippen LogP contribution in [0.4, 0.5) is 0 Å². The van der Waals surface area contributed by atoms with Crippen LogP contribution >= 0.6 is 28.1 Å². The summed E-state index contributed by atoms with van der Waals surface area (Å²) < 4.78 is 14.2. The predicted molar refractivity (Wildman–Crippen MR) is 87.1 cm³/mol. The number of hydrogen-bond donors (Lipinski definition) is 2. The second-order valence-corrected chi connectivity index (χ2v) is 5.48. The molecule has 8 heteroatoms. The number of hydrogen-bond acceptors (Lipinski definition) is 5. The molecule has 2 rings (SSSR count). The molecule has 0 saturated carbocycles. The van der Waals surface area contributed by atoms with E-state index in [0.717, 1.165) is 21.6 Å². The normalized spacial score (nSPS) is 10.5. The van der Waals surface area contributed by atoms with E-state index in [-0.39, 0.29) is 0 Å². The minimum atomic E-state index is 0.516. The molecule has 0 amide bonds. The summed E-state index contributed by atoms with van der Waals surface area (Å²) in [5, 5.41) is 6.79. The van der Waals surface area contributed by atoms with Crippen molar-refractivity contribution in [1.29, 1.82) is 0 Å². The molecule has 0 aliphatic heterocycles. The number of H-pyrrole nitrogens is 1. The van der Waals surface area contributed by atoms with Crippen LogP contribution in [0.3, 0.4) is 0 Å². The third kappa shape index (κ3) is 3.38. The van der Waals surface area contributed by atoms with Gasteiger partial charge in [-0.1, -0.05) is 15.9 Å². The first kappa shape index (κ1) is 15.8. The molecule has 0 unspecified atom stereocenters. The van der Waals surface area contributed by atoms with Gasteiger partial charge in [0.05, 0.1) is 20.3 Å². The maximum absolute atomic E-state index is 5.72. The zero-order chi connectivity index (χ0) is 15.4. The average molecular weight is 373 g/mol. The summed E-state index contributed by atoms with van der Waals surface area (Å²) in [7, 11) is 1.62. The minimum absolute atomic E-state index is 0.516. The zero-order valence-corrected chi connectivity index (χ0v) is 14.5. The van der Waals surface area contributed by atoms with Gasteiger partial charge in [-0.3, -0.25) is 5.10 Å². The topological polar surface area (TPSA) is 64.1 Å². The summed E-state index contributed by atoms with van der Waals surface area (Å²) in [5.74, 6) is 2.18. The number of aromatic amines is 1. The molecule has 0 radical (unpaired) electrons. The molecule has 0 saturated heterocycles. The van der Waals surface area contributed by atoms with Gasteiger partial charge < -0.3 is 14.9 Å². The number of nitrogens with zero attached hydrogens (tertiary/aromatic N) is 2. The second kappa shape index (κ2) is 6.95. The van der Waals surface area contributed by atoms with Gasteiger partial charge in [0, 0.05) is 10.0 Å². The standard InChI is InChI=1S/C13H17BrN4O2S/c1-4-20-12-9(10(14)5-6-11(12)19-3)7-15-18-8(2)16-17-13(18)21/h5-6,15H,4,7H2,1-3H3,(H,17,21). The van der Waals surface area contributed by atoms with Gasteiger partial charge >= 0.3 is 0 Å². The highest BCUT2D eigenvalue weighted by Crippen LogP contribution is 2.36. The van der Waals surface area contributed by atoms with Gasteiger partial charge in [-0.25, -0.2) is 4.68 Å². The molecule has 1 heterocycles. The lowest BCUT2D eigenvalue weighted by molar-refractivity contribution is 0.307. The first-order valence-electron chi connectivity index (χ1n) is 6.44. The first-order valence-corrected chi connectivity index (χ1v) is 7.64. The summed E-state index contributed by atoms with van der Waals surface area (Å²) in [4.78, 5) is 0. The third-order valence-electron chi connectivity index (χ3n) is 2.93. The lowest BCUT2D eigenvalue weighted by Crippen LogP contribution is -2.17. The van der Waals surface area contributed by atoms with Crippen LogP contribution in [0, 0.1) is 11.7 Å². The lowest BCUT2D eigenvalue weighted by Gasteiger charge is -2.17. The van der Waals surface area contributed by atoms with E-state index in [1.807, 2.05) is 26.0 Å². The highest BCUT2D eigenvalue weighted by Gasteiger charge is 2.14. The van der Waals surface area contributed by atoms with Crippen molar-refractivity contribution in [3.8, 4) is 11.5 Å². The Balaban J connectivity index is 2.32. The van der Waals surface area contributed by atoms with Crippen LogP contribution in [-0.2, 0) is 6.54 Å². The molecule has 2 aromatic rings. The second-order valence-electron chi connectivity index (χ2n) is 4.24. The smallest absolute Gasteiger partial charge is 0.214 e. The van der Waals surface area contributed by atoms with Crippen molar-refractivity contribution in [2.45, 2.75) is 20.4 Å². The third-order valence-corrected chi connectivity index (χ3v) is 3.95. The summed E-state index contributed by atoms with van der Waals surface area (Å²) in [5.41, 5.74) is 4.18. The van der Waals surface area contributed by atoms with Crippen LogP contribution < -0.4 is 14.9 Å². The van der Waals surface area contributed by atoms with Gasteiger partial charge in [0.1, 0.15) is 5.82 Å². The highest BCUT2D eigenvalue weighted by atomic mass is 79.9. The van der Waals surface area contributed by atoms with Crippen LogP contribution in [-0.4, -0.2) is 28.6 Å². The van der Waals surface area contributed by atoms with E-state index in [1.54, 1.807) is 11.8 Å². The van der Waals surface area contributed by atoms with Crippen LogP contribution in [0.2, 0.25) is 0 Å². The Morgan fingerprint density at radius 3 is 2.81 bits per heavy atom. The Labute approximate surface area is 136 Å². The lowest BCUT2D eigenvalue weighted by atomic mass is 10.2. The van der Waals surface area contributed by atoms with E-state index in [2.05, 4.69) is 31.6 Å². The zero-order valence-electron chi connectivity index (χ0n) is 12.1. The molecule has 6 nitrogen and oxygen atoms in total. The molecule has 0 spiro atoms. The summed E-state index contributed by atoms with van der Waals surface area (Å²) in [6.07, 6.45) is 0. The van der Waals surface area contributed by atoms with E-state index >= 15 is 0 Å². The van der Waals surface area contributed by atoms with Crippen LogP contribution in [0.15, 0.2) is 16.6 Å². The summed E-state index contributed by atoms with van der Waals surface area (Å²) in [6.45, 7) is 4.88. The number of nitrogens with one attached hydrogen (secondary N) is 2. The Kier molecular flexibility index (Phi) is 5.24. The van der Waals surface area contributed by atoms with Gasteiger partial charge in [0.25, 0.3) is 0 Å². The van der Waals surface area contributed by atoms with Crippen molar-refractivity contribution < 1.29 is 9.47 Å². The fourth-order valence-corrected chi connectivity index (χ4v) is 2.63. The van der Waals surface area contributed by atoms with Crippen LogP contribution in [0.5, 0.6) is 11.5 Å². The quantitative estimate of drug-likeness (QED) is 0.762. The molecule has 1 aromatic carbocycles. The highest BCUT2D eigenvalue weighted by molar-refractivity contribution is 9.10. The van der Waals surface area contributed by atoms with Crippen molar-refractivity contribution in [2.24, 2.45) is 0 Å². The number of ether oxygens (including phenoxy) is 2. The molecule has 114 valence electrons. The van der Waals surface area contributed by atoms with Crippen molar-refractivity contribution >= 4 is 28.1 Å². The maximum Gasteiger partial charge on any atom is 0.214 e. The molecular weight excluding hydrogens is 356 g/mol. The Bertz CT molecular complexity index is 683. The molecule has 0 fully saturated rings.